The molecular weight excluding hydrogens is 350 g/mol. The number of aromatic nitrogens is 1. The minimum atomic E-state index is -0.351. The largest absolute Gasteiger partial charge is 0.460 e. The van der Waals surface area contributed by atoms with Crippen LogP contribution in [0.1, 0.15) is 29.8 Å². The summed E-state index contributed by atoms with van der Waals surface area (Å²) in [4.78, 5) is 28.2. The SMILES string of the molecule is O=C(NCC1CC2(CCNCC2)C(=O)O1)c1ccc(Br)cn1. The number of cyclic esters (lactones) is 1. The molecule has 2 saturated heterocycles. The molecule has 2 fully saturated rings. The van der Waals surface area contributed by atoms with E-state index in [-0.39, 0.29) is 23.4 Å². The third kappa shape index (κ3) is 3.15. The van der Waals surface area contributed by atoms with Gasteiger partial charge in [0.25, 0.3) is 5.91 Å². The number of nitrogens with one attached hydrogen (secondary N) is 2. The lowest BCUT2D eigenvalue weighted by atomic mass is 9.76. The molecule has 3 rings (SSSR count). The molecule has 2 aliphatic rings. The Kier molecular flexibility index (Phi) is 4.44. The lowest BCUT2D eigenvalue weighted by molar-refractivity contribution is -0.149. The minimum absolute atomic E-state index is 0.116. The van der Waals surface area contributed by atoms with Crippen LogP contribution in [0.3, 0.4) is 0 Å². The quantitative estimate of drug-likeness (QED) is 0.786. The summed E-state index contributed by atoms with van der Waals surface area (Å²) in [5.41, 5.74) is 0.000332. The maximum Gasteiger partial charge on any atom is 0.312 e. The van der Waals surface area contributed by atoms with Gasteiger partial charge in [-0.15, -0.1) is 0 Å². The van der Waals surface area contributed by atoms with Gasteiger partial charge in [-0.2, -0.15) is 0 Å². The van der Waals surface area contributed by atoms with Crippen LogP contribution >= 0.6 is 15.9 Å². The molecule has 2 aliphatic heterocycles. The fourth-order valence-electron chi connectivity index (χ4n) is 3.07. The highest BCUT2D eigenvalue weighted by atomic mass is 79.9. The maximum atomic E-state index is 12.1. The number of ether oxygens (including phenoxy) is 1. The summed E-state index contributed by atoms with van der Waals surface area (Å²) in [6.07, 6.45) is 3.63. The van der Waals surface area contributed by atoms with E-state index < -0.39 is 0 Å². The summed E-state index contributed by atoms with van der Waals surface area (Å²) in [6.45, 7) is 2.02. The standard InChI is InChI=1S/C15H18BrN3O3/c16-10-1-2-12(18-8-10)13(20)19-9-11-7-15(14(21)22-11)3-5-17-6-4-15/h1-2,8,11,17H,3-7,9H2,(H,19,20). The Hall–Kier alpha value is -1.47. The Bertz CT molecular complexity index is 570. The first-order valence-electron chi connectivity index (χ1n) is 7.41. The number of hydrogen-bond donors (Lipinski definition) is 2. The molecule has 0 aliphatic carbocycles. The lowest BCUT2D eigenvalue weighted by Crippen LogP contribution is -2.39. The van der Waals surface area contributed by atoms with Crippen molar-refractivity contribution in [2.45, 2.75) is 25.4 Å². The molecule has 1 amide bonds. The summed E-state index contributed by atoms with van der Waals surface area (Å²) >= 11 is 3.28. The predicted molar refractivity (Wildman–Crippen MR) is 83.3 cm³/mol. The van der Waals surface area contributed by atoms with E-state index in [2.05, 4.69) is 31.5 Å². The van der Waals surface area contributed by atoms with Crippen molar-refractivity contribution < 1.29 is 14.3 Å². The van der Waals surface area contributed by atoms with Crippen molar-refractivity contribution in [3.05, 3.63) is 28.5 Å². The molecule has 6 nitrogen and oxygen atoms in total. The smallest absolute Gasteiger partial charge is 0.312 e. The Morgan fingerprint density at radius 3 is 2.91 bits per heavy atom. The second-order valence-corrected chi connectivity index (χ2v) is 6.75. The normalized spacial score (nSPS) is 23.3. The van der Waals surface area contributed by atoms with Crippen LogP contribution in [0, 0.1) is 5.41 Å². The zero-order valence-electron chi connectivity index (χ0n) is 12.1. The Morgan fingerprint density at radius 1 is 1.45 bits per heavy atom. The van der Waals surface area contributed by atoms with Crippen LogP contribution in [0.5, 0.6) is 0 Å². The molecule has 1 unspecified atom stereocenters. The zero-order valence-corrected chi connectivity index (χ0v) is 13.7. The topological polar surface area (TPSA) is 80.3 Å². The fourth-order valence-corrected chi connectivity index (χ4v) is 3.31. The molecule has 1 aromatic heterocycles. The summed E-state index contributed by atoms with van der Waals surface area (Å²) in [5.74, 6) is -0.371. The molecule has 0 saturated carbocycles. The number of piperidine rings is 1. The molecule has 0 radical (unpaired) electrons. The molecule has 1 spiro atoms. The van der Waals surface area contributed by atoms with Crippen molar-refractivity contribution in [3.8, 4) is 0 Å². The first kappa shape index (κ1) is 15.4. The van der Waals surface area contributed by atoms with Gasteiger partial charge in [-0.1, -0.05) is 0 Å². The summed E-state index contributed by atoms with van der Waals surface area (Å²) in [7, 11) is 0. The molecule has 118 valence electrons. The van der Waals surface area contributed by atoms with Crippen LogP contribution in [0.25, 0.3) is 0 Å². The molecule has 0 aromatic carbocycles. The van der Waals surface area contributed by atoms with Crippen molar-refractivity contribution >= 4 is 27.8 Å². The van der Waals surface area contributed by atoms with Gasteiger partial charge < -0.3 is 15.4 Å². The third-order valence-corrected chi connectivity index (χ3v) is 4.81. The molecular formula is C15H18BrN3O3. The van der Waals surface area contributed by atoms with Crippen molar-refractivity contribution in [1.82, 2.24) is 15.6 Å². The highest BCUT2D eigenvalue weighted by molar-refractivity contribution is 9.10. The average Bonchev–Trinajstić information content (AvgIpc) is 2.82. The number of carbonyl (C=O) groups excluding carboxylic acids is 2. The molecule has 1 aromatic rings. The minimum Gasteiger partial charge on any atom is -0.460 e. The van der Waals surface area contributed by atoms with Gasteiger partial charge in [-0.05, 0) is 54.0 Å². The van der Waals surface area contributed by atoms with Crippen molar-refractivity contribution in [2.24, 2.45) is 5.41 Å². The molecule has 0 bridgehead atoms. The number of esters is 1. The Labute approximate surface area is 137 Å². The first-order chi connectivity index (χ1) is 10.6. The lowest BCUT2D eigenvalue weighted by Gasteiger charge is -2.29. The maximum absolute atomic E-state index is 12.1. The summed E-state index contributed by atoms with van der Waals surface area (Å²) < 4.78 is 6.27. The van der Waals surface area contributed by atoms with Gasteiger partial charge in [0.15, 0.2) is 0 Å². The highest BCUT2D eigenvalue weighted by Crippen LogP contribution is 2.41. The second kappa shape index (κ2) is 6.34. The van der Waals surface area contributed by atoms with E-state index in [1.807, 2.05) is 0 Å². The number of halogens is 1. The van der Waals surface area contributed by atoms with Gasteiger partial charge in [-0.3, -0.25) is 9.59 Å². The Balaban J connectivity index is 1.55. The van der Waals surface area contributed by atoms with Crippen LogP contribution in [0.15, 0.2) is 22.8 Å². The molecule has 1 atom stereocenters. The van der Waals surface area contributed by atoms with Gasteiger partial charge in [0.2, 0.25) is 0 Å². The predicted octanol–water partition coefficient (Wildman–Crippen LogP) is 1.26. The number of carbonyl (C=O) groups is 2. The van der Waals surface area contributed by atoms with Crippen molar-refractivity contribution in [2.75, 3.05) is 19.6 Å². The van der Waals surface area contributed by atoms with Crippen LogP contribution < -0.4 is 10.6 Å². The third-order valence-electron chi connectivity index (χ3n) is 4.34. The van der Waals surface area contributed by atoms with Crippen LogP contribution in [-0.2, 0) is 9.53 Å². The summed E-state index contributed by atoms with van der Waals surface area (Å²) in [5, 5.41) is 6.05. The van der Waals surface area contributed by atoms with E-state index in [1.165, 1.54) is 0 Å². The molecule has 3 heterocycles. The average molecular weight is 368 g/mol. The number of rotatable bonds is 3. The first-order valence-corrected chi connectivity index (χ1v) is 8.20. The molecule has 22 heavy (non-hydrogen) atoms. The van der Waals surface area contributed by atoms with Crippen molar-refractivity contribution in [3.63, 3.8) is 0 Å². The second-order valence-electron chi connectivity index (χ2n) is 5.83. The van der Waals surface area contributed by atoms with E-state index in [0.717, 1.165) is 30.4 Å². The van der Waals surface area contributed by atoms with E-state index in [0.29, 0.717) is 18.7 Å². The Morgan fingerprint density at radius 2 is 2.23 bits per heavy atom. The fraction of sp³-hybridized carbons (Fsp3) is 0.533. The van der Waals surface area contributed by atoms with Gasteiger partial charge >= 0.3 is 5.97 Å². The van der Waals surface area contributed by atoms with Crippen LogP contribution in [-0.4, -0.2) is 42.6 Å². The highest BCUT2D eigenvalue weighted by Gasteiger charge is 2.49. The van der Waals surface area contributed by atoms with E-state index >= 15 is 0 Å². The van der Waals surface area contributed by atoms with E-state index in [9.17, 15) is 9.59 Å². The van der Waals surface area contributed by atoms with Gasteiger partial charge in [0, 0.05) is 17.1 Å². The van der Waals surface area contributed by atoms with E-state index in [4.69, 9.17) is 4.74 Å². The number of nitrogens with zero attached hydrogens (tertiary/aromatic N) is 1. The van der Waals surface area contributed by atoms with E-state index in [1.54, 1.807) is 18.3 Å². The van der Waals surface area contributed by atoms with Crippen LogP contribution in [0.2, 0.25) is 0 Å². The van der Waals surface area contributed by atoms with Gasteiger partial charge in [0.05, 0.1) is 12.0 Å². The molecule has 2 N–H and O–H groups in total. The summed E-state index contributed by atoms with van der Waals surface area (Å²) in [6, 6.07) is 3.41. The monoisotopic (exact) mass is 367 g/mol. The van der Waals surface area contributed by atoms with Gasteiger partial charge in [0.1, 0.15) is 11.8 Å². The number of amides is 1. The number of pyridine rings is 1. The molecule has 7 heteroatoms. The van der Waals surface area contributed by atoms with Crippen molar-refractivity contribution in [1.29, 1.82) is 0 Å². The van der Waals surface area contributed by atoms with Gasteiger partial charge in [-0.25, -0.2) is 4.98 Å². The zero-order chi connectivity index (χ0) is 15.6. The van der Waals surface area contributed by atoms with Crippen LogP contribution in [0.4, 0.5) is 0 Å². The number of hydrogen-bond acceptors (Lipinski definition) is 5.